The fraction of sp³-hybridized carbons (Fsp3) is 0.500. The standard InChI is InChI=1S/C16H23NO5/c1-16(2,15(19)20)11-14(18)17-12-6-4-7-13(10-12)22-9-5-8-21-3/h4,6-7,10H,5,8-9,11H2,1-3H3,(H,17,18)(H,19,20). The van der Waals surface area contributed by atoms with E-state index in [4.69, 9.17) is 14.6 Å². The number of benzene rings is 1. The van der Waals surface area contributed by atoms with Crippen LogP contribution < -0.4 is 10.1 Å². The number of rotatable bonds is 9. The van der Waals surface area contributed by atoms with Crippen LogP contribution in [0.2, 0.25) is 0 Å². The van der Waals surface area contributed by atoms with E-state index in [2.05, 4.69) is 5.32 Å². The van der Waals surface area contributed by atoms with E-state index in [0.29, 0.717) is 24.7 Å². The van der Waals surface area contributed by atoms with Crippen molar-refractivity contribution in [3.05, 3.63) is 24.3 Å². The minimum absolute atomic E-state index is 0.0960. The molecule has 0 spiro atoms. The van der Waals surface area contributed by atoms with Gasteiger partial charge in [0.25, 0.3) is 0 Å². The van der Waals surface area contributed by atoms with Gasteiger partial charge in [-0.3, -0.25) is 9.59 Å². The summed E-state index contributed by atoms with van der Waals surface area (Å²) in [7, 11) is 1.63. The number of carbonyl (C=O) groups is 2. The fourth-order valence-corrected chi connectivity index (χ4v) is 1.74. The summed E-state index contributed by atoms with van der Waals surface area (Å²) in [5, 5.41) is 11.7. The number of hydrogen-bond donors (Lipinski definition) is 2. The molecule has 0 saturated carbocycles. The second-order valence-electron chi connectivity index (χ2n) is 5.64. The quantitative estimate of drug-likeness (QED) is 0.685. The minimum Gasteiger partial charge on any atom is -0.493 e. The van der Waals surface area contributed by atoms with Crippen molar-refractivity contribution in [2.24, 2.45) is 5.41 Å². The molecule has 2 N–H and O–H groups in total. The molecular formula is C16H23NO5. The number of carboxylic acid groups (broad SMARTS) is 1. The number of carboxylic acids is 1. The summed E-state index contributed by atoms with van der Waals surface area (Å²) in [4.78, 5) is 22.9. The Hall–Kier alpha value is -2.08. The SMILES string of the molecule is COCCCOc1cccc(NC(=O)CC(C)(C)C(=O)O)c1. The van der Waals surface area contributed by atoms with Crippen molar-refractivity contribution >= 4 is 17.6 Å². The Kier molecular flexibility index (Phi) is 6.85. The number of hydrogen-bond acceptors (Lipinski definition) is 4. The highest BCUT2D eigenvalue weighted by Crippen LogP contribution is 2.22. The number of carbonyl (C=O) groups excluding carboxylic acids is 1. The van der Waals surface area contributed by atoms with E-state index < -0.39 is 11.4 Å². The van der Waals surface area contributed by atoms with Gasteiger partial charge in [0.1, 0.15) is 5.75 Å². The molecule has 1 rings (SSSR count). The Morgan fingerprint density at radius 2 is 2.00 bits per heavy atom. The van der Waals surface area contributed by atoms with Gasteiger partial charge in [-0.15, -0.1) is 0 Å². The zero-order valence-electron chi connectivity index (χ0n) is 13.2. The zero-order valence-corrected chi connectivity index (χ0v) is 13.2. The van der Waals surface area contributed by atoms with Gasteiger partial charge in [-0.05, 0) is 26.0 Å². The van der Waals surface area contributed by atoms with Crippen LogP contribution in [0.3, 0.4) is 0 Å². The van der Waals surface area contributed by atoms with Gasteiger partial charge in [0.2, 0.25) is 5.91 Å². The first kappa shape index (κ1) is 18.0. The molecule has 0 fully saturated rings. The number of amides is 1. The second kappa shape index (κ2) is 8.38. The van der Waals surface area contributed by atoms with Gasteiger partial charge in [-0.1, -0.05) is 6.07 Å². The first-order valence-corrected chi connectivity index (χ1v) is 7.10. The molecule has 0 aliphatic carbocycles. The van der Waals surface area contributed by atoms with E-state index in [9.17, 15) is 9.59 Å². The highest BCUT2D eigenvalue weighted by atomic mass is 16.5. The zero-order chi connectivity index (χ0) is 16.6. The van der Waals surface area contributed by atoms with Crippen LogP contribution in [0.25, 0.3) is 0 Å². The molecule has 1 amide bonds. The maximum atomic E-state index is 11.9. The lowest BCUT2D eigenvalue weighted by Gasteiger charge is -2.18. The Morgan fingerprint density at radius 3 is 2.64 bits per heavy atom. The lowest BCUT2D eigenvalue weighted by Crippen LogP contribution is -2.29. The third-order valence-corrected chi connectivity index (χ3v) is 3.06. The molecule has 6 heteroatoms. The topological polar surface area (TPSA) is 84.9 Å². The van der Waals surface area contributed by atoms with Crippen LogP contribution in [0.5, 0.6) is 5.75 Å². The summed E-state index contributed by atoms with van der Waals surface area (Å²) in [6, 6.07) is 7.00. The molecule has 22 heavy (non-hydrogen) atoms. The van der Waals surface area contributed by atoms with Gasteiger partial charge >= 0.3 is 5.97 Å². The molecule has 0 radical (unpaired) electrons. The Morgan fingerprint density at radius 1 is 1.27 bits per heavy atom. The van der Waals surface area contributed by atoms with E-state index in [0.717, 1.165) is 6.42 Å². The van der Waals surface area contributed by atoms with Gasteiger partial charge < -0.3 is 19.9 Å². The van der Waals surface area contributed by atoms with Gasteiger partial charge in [-0.25, -0.2) is 0 Å². The summed E-state index contributed by atoms with van der Waals surface area (Å²) in [5.74, 6) is -0.701. The fourth-order valence-electron chi connectivity index (χ4n) is 1.74. The molecule has 0 bridgehead atoms. The number of aliphatic carboxylic acids is 1. The number of ether oxygens (including phenoxy) is 2. The largest absolute Gasteiger partial charge is 0.493 e. The molecule has 0 aliphatic rings. The molecule has 0 unspecified atom stereocenters. The third-order valence-electron chi connectivity index (χ3n) is 3.06. The molecular weight excluding hydrogens is 286 g/mol. The molecule has 0 aromatic heterocycles. The summed E-state index contributed by atoms with van der Waals surface area (Å²) in [6.07, 6.45) is 0.682. The van der Waals surface area contributed by atoms with E-state index in [1.54, 1.807) is 31.4 Å². The van der Waals surface area contributed by atoms with Crippen molar-refractivity contribution in [2.75, 3.05) is 25.6 Å². The molecule has 0 atom stereocenters. The highest BCUT2D eigenvalue weighted by molar-refractivity contribution is 5.94. The predicted octanol–water partition coefficient (Wildman–Crippen LogP) is 2.54. The van der Waals surface area contributed by atoms with Crippen molar-refractivity contribution in [1.82, 2.24) is 0 Å². The molecule has 0 saturated heterocycles. The van der Waals surface area contributed by atoms with Crippen LogP contribution >= 0.6 is 0 Å². The number of nitrogens with one attached hydrogen (secondary N) is 1. The Labute approximate surface area is 130 Å². The lowest BCUT2D eigenvalue weighted by atomic mass is 9.89. The lowest BCUT2D eigenvalue weighted by molar-refractivity contribution is -0.148. The van der Waals surface area contributed by atoms with Gasteiger partial charge in [0.15, 0.2) is 0 Å². The van der Waals surface area contributed by atoms with Crippen molar-refractivity contribution in [3.63, 3.8) is 0 Å². The first-order valence-electron chi connectivity index (χ1n) is 7.10. The number of anilines is 1. The minimum atomic E-state index is -1.10. The highest BCUT2D eigenvalue weighted by Gasteiger charge is 2.30. The van der Waals surface area contributed by atoms with Gasteiger partial charge in [0, 0.05) is 38.3 Å². The van der Waals surface area contributed by atoms with Gasteiger partial charge in [0.05, 0.1) is 12.0 Å². The molecule has 1 aromatic carbocycles. The third kappa shape index (κ3) is 6.13. The molecule has 0 aliphatic heterocycles. The van der Waals surface area contributed by atoms with E-state index in [-0.39, 0.29) is 12.3 Å². The van der Waals surface area contributed by atoms with E-state index in [1.807, 2.05) is 0 Å². The summed E-state index contributed by atoms with van der Waals surface area (Å²) >= 11 is 0. The number of methoxy groups -OCH3 is 1. The average molecular weight is 309 g/mol. The van der Waals surface area contributed by atoms with Crippen molar-refractivity contribution in [2.45, 2.75) is 26.7 Å². The summed E-state index contributed by atoms with van der Waals surface area (Å²) in [6.45, 7) is 4.19. The van der Waals surface area contributed by atoms with E-state index >= 15 is 0 Å². The molecule has 6 nitrogen and oxygen atoms in total. The second-order valence-corrected chi connectivity index (χ2v) is 5.64. The molecule has 122 valence electrons. The van der Waals surface area contributed by atoms with Gasteiger partial charge in [-0.2, -0.15) is 0 Å². The summed E-state index contributed by atoms with van der Waals surface area (Å²) in [5.41, 5.74) is -0.520. The van der Waals surface area contributed by atoms with Crippen LogP contribution in [0.1, 0.15) is 26.7 Å². The summed E-state index contributed by atoms with van der Waals surface area (Å²) < 4.78 is 10.5. The van der Waals surface area contributed by atoms with Crippen LogP contribution in [0, 0.1) is 5.41 Å². The van der Waals surface area contributed by atoms with Crippen LogP contribution in [0.4, 0.5) is 5.69 Å². The Balaban J connectivity index is 2.55. The smallest absolute Gasteiger partial charge is 0.309 e. The molecule has 1 aromatic rings. The monoisotopic (exact) mass is 309 g/mol. The van der Waals surface area contributed by atoms with Crippen molar-refractivity contribution in [1.29, 1.82) is 0 Å². The average Bonchev–Trinajstić information content (AvgIpc) is 2.43. The van der Waals surface area contributed by atoms with Crippen molar-refractivity contribution < 1.29 is 24.2 Å². The van der Waals surface area contributed by atoms with Crippen LogP contribution in [-0.4, -0.2) is 37.3 Å². The normalized spacial score (nSPS) is 11.0. The predicted molar refractivity (Wildman–Crippen MR) is 83.1 cm³/mol. The van der Waals surface area contributed by atoms with Crippen LogP contribution in [-0.2, 0) is 14.3 Å². The Bertz CT molecular complexity index is 513. The maximum absolute atomic E-state index is 11.9. The molecule has 0 heterocycles. The van der Waals surface area contributed by atoms with Crippen LogP contribution in [0.15, 0.2) is 24.3 Å². The van der Waals surface area contributed by atoms with Crippen molar-refractivity contribution in [3.8, 4) is 5.75 Å². The maximum Gasteiger partial charge on any atom is 0.309 e. The first-order chi connectivity index (χ1) is 10.3. The van der Waals surface area contributed by atoms with E-state index in [1.165, 1.54) is 13.8 Å².